The van der Waals surface area contributed by atoms with Crippen molar-refractivity contribution in [3.63, 3.8) is 0 Å². The number of hydrogen-bond acceptors (Lipinski definition) is 7. The SMILES string of the molecule is C=CC=C.C=CO.CC.CC.CC.CC.CN(C)c1ccc(-c2csc(-c3nc(-c4ccc(O)cc4)cs3)n2)cc1. The molecule has 0 fully saturated rings. The van der Waals surface area contributed by atoms with E-state index in [0.717, 1.165) is 38.8 Å². The Morgan fingerprint density at radius 1 is 0.634 bits per heavy atom. The Labute approximate surface area is 257 Å². The van der Waals surface area contributed by atoms with Crippen molar-refractivity contribution in [2.75, 3.05) is 19.0 Å². The number of rotatable bonds is 5. The van der Waals surface area contributed by atoms with Crippen LogP contribution >= 0.6 is 22.7 Å². The fraction of sp³-hybridized carbons (Fsp3) is 0.294. The molecule has 41 heavy (non-hydrogen) atoms. The third kappa shape index (κ3) is 16.2. The number of allylic oxidation sites excluding steroid dienone is 2. The third-order valence-corrected chi connectivity index (χ3v) is 6.03. The molecule has 0 amide bonds. The molecular formula is C34H51N3O2S2. The van der Waals surface area contributed by atoms with Crippen molar-refractivity contribution in [3.05, 3.63) is 97.4 Å². The van der Waals surface area contributed by atoms with Crippen LogP contribution in [-0.2, 0) is 0 Å². The normalized spacial score (nSPS) is 8.24. The highest BCUT2D eigenvalue weighted by Gasteiger charge is 2.12. The van der Waals surface area contributed by atoms with Gasteiger partial charge >= 0.3 is 0 Å². The topological polar surface area (TPSA) is 69.5 Å². The van der Waals surface area contributed by atoms with Gasteiger partial charge in [-0.2, -0.15) is 0 Å². The van der Waals surface area contributed by atoms with Gasteiger partial charge < -0.3 is 15.1 Å². The Kier molecular flexibility index (Phi) is 28.4. The molecule has 2 aromatic heterocycles. The summed E-state index contributed by atoms with van der Waals surface area (Å²) in [6.07, 6.45) is 4.03. The van der Waals surface area contributed by atoms with Gasteiger partial charge in [-0.1, -0.05) is 99.4 Å². The Bertz CT molecular complexity index is 1160. The summed E-state index contributed by atoms with van der Waals surface area (Å²) < 4.78 is 0. The summed E-state index contributed by atoms with van der Waals surface area (Å²) in [6.45, 7) is 25.6. The van der Waals surface area contributed by atoms with Crippen molar-refractivity contribution in [3.8, 4) is 38.3 Å². The highest BCUT2D eigenvalue weighted by molar-refractivity contribution is 7.20. The summed E-state index contributed by atoms with van der Waals surface area (Å²) in [6, 6.07) is 15.5. The van der Waals surface area contributed by atoms with E-state index in [1.54, 1.807) is 47.0 Å². The van der Waals surface area contributed by atoms with Gasteiger partial charge in [-0.25, -0.2) is 9.97 Å². The molecule has 0 saturated heterocycles. The maximum atomic E-state index is 9.42. The van der Waals surface area contributed by atoms with Gasteiger partial charge in [0.2, 0.25) is 0 Å². The lowest BCUT2D eigenvalue weighted by Crippen LogP contribution is -2.07. The van der Waals surface area contributed by atoms with Crippen LogP contribution in [0.2, 0.25) is 0 Å². The van der Waals surface area contributed by atoms with E-state index in [1.807, 2.05) is 87.0 Å². The quantitative estimate of drug-likeness (QED) is 0.177. The second kappa shape index (κ2) is 27.9. The van der Waals surface area contributed by atoms with Crippen molar-refractivity contribution in [2.45, 2.75) is 55.4 Å². The van der Waals surface area contributed by atoms with Gasteiger partial charge in [-0.3, -0.25) is 0 Å². The second-order valence-electron chi connectivity index (χ2n) is 6.72. The molecule has 0 aliphatic heterocycles. The summed E-state index contributed by atoms with van der Waals surface area (Å²) in [4.78, 5) is 11.5. The van der Waals surface area contributed by atoms with Crippen LogP contribution in [0.1, 0.15) is 55.4 Å². The monoisotopic (exact) mass is 597 g/mol. The summed E-state index contributed by atoms with van der Waals surface area (Å²) in [5, 5.41) is 22.7. The number of benzene rings is 2. The van der Waals surface area contributed by atoms with E-state index < -0.39 is 0 Å². The first-order chi connectivity index (χ1) is 19.9. The largest absolute Gasteiger partial charge is 0.516 e. The Hall–Kier alpha value is -3.68. The molecule has 4 rings (SSSR count). The van der Waals surface area contributed by atoms with E-state index in [4.69, 9.17) is 15.1 Å². The van der Waals surface area contributed by atoms with E-state index >= 15 is 0 Å². The average Bonchev–Trinajstić information content (AvgIpc) is 3.73. The minimum Gasteiger partial charge on any atom is -0.516 e. The van der Waals surface area contributed by atoms with Crippen LogP contribution in [0, 0.1) is 0 Å². The first-order valence-corrected chi connectivity index (χ1v) is 15.7. The predicted octanol–water partition coefficient (Wildman–Crippen LogP) is 11.5. The highest BCUT2D eigenvalue weighted by atomic mass is 32.1. The Balaban J connectivity index is -0.000000824. The molecule has 0 saturated carbocycles. The lowest BCUT2D eigenvalue weighted by atomic mass is 10.1. The third-order valence-electron chi connectivity index (χ3n) is 4.20. The number of hydrogen-bond donors (Lipinski definition) is 2. The van der Waals surface area contributed by atoms with Gasteiger partial charge in [0.05, 0.1) is 17.6 Å². The molecule has 2 aromatic carbocycles. The summed E-state index contributed by atoms with van der Waals surface area (Å²) in [5.74, 6) is 0.258. The molecule has 226 valence electrons. The van der Waals surface area contributed by atoms with E-state index in [2.05, 4.69) is 54.3 Å². The molecule has 7 heteroatoms. The first kappa shape index (κ1) is 41.8. The molecule has 0 radical (unpaired) electrons. The molecule has 5 nitrogen and oxygen atoms in total. The number of nitrogens with zero attached hydrogens (tertiary/aromatic N) is 3. The number of anilines is 1. The number of aliphatic hydroxyl groups is 1. The summed E-state index contributed by atoms with van der Waals surface area (Å²) in [5.41, 5.74) is 5.13. The molecule has 0 aliphatic rings. The molecule has 2 N–H and O–H groups in total. The number of phenolic OH excluding ortho intramolecular Hbond substituents is 1. The van der Waals surface area contributed by atoms with Gasteiger partial charge in [-0.15, -0.1) is 22.7 Å². The number of thiazole rings is 2. The summed E-state index contributed by atoms with van der Waals surface area (Å²) in [7, 11) is 4.06. The van der Waals surface area contributed by atoms with Gasteiger partial charge in [-0.05, 0) is 36.4 Å². The molecule has 2 heterocycles. The minimum atomic E-state index is 0.258. The molecule has 0 spiro atoms. The summed E-state index contributed by atoms with van der Waals surface area (Å²) >= 11 is 3.19. The highest BCUT2D eigenvalue weighted by Crippen LogP contribution is 2.34. The maximum Gasteiger partial charge on any atom is 0.152 e. The molecule has 0 bridgehead atoms. The predicted molar refractivity (Wildman–Crippen MR) is 189 cm³/mol. The number of aliphatic hydroxyl groups excluding tert-OH is 1. The van der Waals surface area contributed by atoms with Crippen LogP contribution in [0.15, 0.2) is 97.4 Å². The number of phenols is 1. The van der Waals surface area contributed by atoms with E-state index in [1.165, 1.54) is 5.69 Å². The van der Waals surface area contributed by atoms with Crippen molar-refractivity contribution in [1.29, 1.82) is 0 Å². The molecule has 0 unspecified atom stereocenters. The Morgan fingerprint density at radius 2 is 0.951 bits per heavy atom. The molecule has 0 atom stereocenters. The fourth-order valence-corrected chi connectivity index (χ4v) is 4.28. The van der Waals surface area contributed by atoms with E-state index in [9.17, 15) is 5.11 Å². The smallest absolute Gasteiger partial charge is 0.152 e. The van der Waals surface area contributed by atoms with Gasteiger partial charge in [0, 0.05) is 41.7 Å². The lowest BCUT2D eigenvalue weighted by Gasteiger charge is -2.12. The second-order valence-corrected chi connectivity index (χ2v) is 8.43. The van der Waals surface area contributed by atoms with Gasteiger partial charge in [0.25, 0.3) is 0 Å². The zero-order valence-electron chi connectivity index (χ0n) is 26.7. The minimum absolute atomic E-state index is 0.258. The van der Waals surface area contributed by atoms with Gasteiger partial charge in [0.1, 0.15) is 5.75 Å². The van der Waals surface area contributed by atoms with Crippen LogP contribution in [0.25, 0.3) is 32.5 Å². The Morgan fingerprint density at radius 3 is 1.24 bits per heavy atom. The van der Waals surface area contributed by atoms with Crippen molar-refractivity contribution in [1.82, 2.24) is 9.97 Å². The van der Waals surface area contributed by atoms with Crippen LogP contribution in [0.3, 0.4) is 0 Å². The van der Waals surface area contributed by atoms with Crippen molar-refractivity contribution in [2.24, 2.45) is 0 Å². The van der Waals surface area contributed by atoms with Crippen LogP contribution in [0.4, 0.5) is 5.69 Å². The molecule has 4 aromatic rings. The fourth-order valence-electron chi connectivity index (χ4n) is 2.57. The van der Waals surface area contributed by atoms with E-state index in [-0.39, 0.29) is 5.75 Å². The lowest BCUT2D eigenvalue weighted by molar-refractivity contribution is 0.475. The first-order valence-electron chi connectivity index (χ1n) is 13.9. The van der Waals surface area contributed by atoms with Crippen molar-refractivity contribution < 1.29 is 10.2 Å². The average molecular weight is 598 g/mol. The van der Waals surface area contributed by atoms with Crippen molar-refractivity contribution >= 4 is 28.4 Å². The van der Waals surface area contributed by atoms with Crippen LogP contribution in [0.5, 0.6) is 5.75 Å². The molecule has 0 aliphatic carbocycles. The number of aromatic hydroxyl groups is 1. The number of aromatic nitrogens is 2. The van der Waals surface area contributed by atoms with Crippen LogP contribution < -0.4 is 4.90 Å². The molecular weight excluding hydrogens is 547 g/mol. The maximum absolute atomic E-state index is 9.42. The van der Waals surface area contributed by atoms with Gasteiger partial charge in [0.15, 0.2) is 10.0 Å². The van der Waals surface area contributed by atoms with E-state index in [0.29, 0.717) is 0 Å². The van der Waals surface area contributed by atoms with Crippen LogP contribution in [-0.4, -0.2) is 34.3 Å². The zero-order chi connectivity index (χ0) is 32.2. The standard InChI is InChI=1S/C20H17N3OS2.C4H6.C2H4O.4C2H6/c1-23(2)15-7-3-13(4-8-15)17-11-25-19(21-17)20-22-18(12-26-20)14-5-9-16(24)10-6-14;1-3-4-2;1-2-3;4*1-2/h3-12,24H,1-2H3;3-4H,1-2H2;2-3H,1H2;4*1-2H3. The zero-order valence-corrected chi connectivity index (χ0v) is 28.3.